The highest BCUT2D eigenvalue weighted by Crippen LogP contribution is 2.34. The molecule has 0 aliphatic rings. The zero-order valence-corrected chi connectivity index (χ0v) is 17.5. The standard InChI is InChI=1S/C22H23ClN2O2S/c1-14-9-10-16(15(2)12-14)6-5-11-24-19(26)13-25-22(27)21-20(23)17-7-3-4-8-18(17)28-21/h3-4,7-10,12H,5-6,11,13H2,1-2H3,(H,24,26)(H,25,27). The van der Waals surface area contributed by atoms with Crippen molar-refractivity contribution in [3.8, 4) is 0 Å². The van der Waals surface area contributed by atoms with Gasteiger partial charge in [0.05, 0.1) is 11.6 Å². The van der Waals surface area contributed by atoms with Crippen LogP contribution >= 0.6 is 22.9 Å². The Morgan fingerprint density at radius 3 is 2.61 bits per heavy atom. The zero-order valence-electron chi connectivity index (χ0n) is 16.0. The van der Waals surface area contributed by atoms with E-state index >= 15 is 0 Å². The predicted octanol–water partition coefficient (Wildman–Crippen LogP) is 4.65. The largest absolute Gasteiger partial charge is 0.355 e. The van der Waals surface area contributed by atoms with Crippen molar-refractivity contribution in [3.05, 3.63) is 69.1 Å². The van der Waals surface area contributed by atoms with Gasteiger partial charge in [-0.1, -0.05) is 53.6 Å². The number of hydrogen-bond acceptors (Lipinski definition) is 3. The lowest BCUT2D eigenvalue weighted by molar-refractivity contribution is -0.120. The Bertz CT molecular complexity index is 1010. The van der Waals surface area contributed by atoms with E-state index in [2.05, 4.69) is 42.7 Å². The number of amides is 2. The van der Waals surface area contributed by atoms with Gasteiger partial charge in [-0.2, -0.15) is 0 Å². The summed E-state index contributed by atoms with van der Waals surface area (Å²) in [6.45, 7) is 4.70. The third-order valence-electron chi connectivity index (χ3n) is 4.59. The normalized spacial score (nSPS) is 10.8. The maximum atomic E-state index is 12.4. The number of carbonyl (C=O) groups excluding carboxylic acids is 2. The van der Waals surface area contributed by atoms with Gasteiger partial charge in [0.2, 0.25) is 5.91 Å². The van der Waals surface area contributed by atoms with Crippen LogP contribution in [0.15, 0.2) is 42.5 Å². The molecule has 0 unspecified atom stereocenters. The van der Waals surface area contributed by atoms with Gasteiger partial charge in [-0.15, -0.1) is 11.3 Å². The van der Waals surface area contributed by atoms with Gasteiger partial charge in [0.25, 0.3) is 5.91 Å². The zero-order chi connectivity index (χ0) is 20.1. The average Bonchev–Trinajstić information content (AvgIpc) is 3.02. The molecule has 2 amide bonds. The summed E-state index contributed by atoms with van der Waals surface area (Å²) in [6, 6.07) is 14.0. The summed E-state index contributed by atoms with van der Waals surface area (Å²) in [5, 5.41) is 6.79. The minimum atomic E-state index is -0.323. The molecular weight excluding hydrogens is 392 g/mol. The molecule has 146 valence electrons. The minimum absolute atomic E-state index is 0.0625. The van der Waals surface area contributed by atoms with Gasteiger partial charge >= 0.3 is 0 Å². The molecule has 0 aliphatic heterocycles. The van der Waals surface area contributed by atoms with Crippen LogP contribution in [-0.4, -0.2) is 24.9 Å². The summed E-state index contributed by atoms with van der Waals surface area (Å²) in [7, 11) is 0. The fourth-order valence-electron chi connectivity index (χ4n) is 3.10. The van der Waals surface area contributed by atoms with Crippen LogP contribution in [0.5, 0.6) is 0 Å². The predicted molar refractivity (Wildman–Crippen MR) is 116 cm³/mol. The average molecular weight is 415 g/mol. The van der Waals surface area contributed by atoms with E-state index < -0.39 is 0 Å². The fourth-order valence-corrected chi connectivity index (χ4v) is 4.53. The Kier molecular flexibility index (Phi) is 6.70. The molecule has 4 nitrogen and oxygen atoms in total. The van der Waals surface area contributed by atoms with Crippen LogP contribution in [0.25, 0.3) is 10.1 Å². The highest BCUT2D eigenvalue weighted by atomic mass is 35.5. The van der Waals surface area contributed by atoms with E-state index in [1.807, 2.05) is 24.3 Å². The van der Waals surface area contributed by atoms with Crippen LogP contribution in [-0.2, 0) is 11.2 Å². The second-order valence-corrected chi connectivity index (χ2v) is 8.24. The molecule has 28 heavy (non-hydrogen) atoms. The molecule has 0 spiro atoms. The first-order valence-electron chi connectivity index (χ1n) is 9.24. The number of benzene rings is 2. The van der Waals surface area contributed by atoms with E-state index in [0.717, 1.165) is 22.9 Å². The Hall–Kier alpha value is -2.37. The summed E-state index contributed by atoms with van der Waals surface area (Å²) in [5.74, 6) is -0.525. The van der Waals surface area contributed by atoms with E-state index in [-0.39, 0.29) is 18.4 Å². The highest BCUT2D eigenvalue weighted by Gasteiger charge is 2.17. The van der Waals surface area contributed by atoms with E-state index in [1.54, 1.807) is 0 Å². The summed E-state index contributed by atoms with van der Waals surface area (Å²) in [5.41, 5.74) is 3.83. The molecule has 0 saturated heterocycles. The van der Waals surface area contributed by atoms with Crippen LogP contribution < -0.4 is 10.6 Å². The molecule has 0 saturated carbocycles. The van der Waals surface area contributed by atoms with Gasteiger partial charge in [-0.3, -0.25) is 9.59 Å². The third-order valence-corrected chi connectivity index (χ3v) is 6.27. The molecule has 2 aromatic carbocycles. The SMILES string of the molecule is Cc1ccc(CCCNC(=O)CNC(=O)c2sc3ccccc3c2Cl)c(C)c1. The number of rotatable bonds is 7. The smallest absolute Gasteiger partial charge is 0.263 e. The first-order valence-corrected chi connectivity index (χ1v) is 10.4. The number of nitrogens with one attached hydrogen (secondary N) is 2. The topological polar surface area (TPSA) is 58.2 Å². The van der Waals surface area contributed by atoms with E-state index in [0.29, 0.717) is 16.4 Å². The summed E-state index contributed by atoms with van der Waals surface area (Å²) < 4.78 is 0.952. The Morgan fingerprint density at radius 1 is 1.07 bits per heavy atom. The molecule has 2 N–H and O–H groups in total. The molecule has 3 rings (SSSR count). The van der Waals surface area contributed by atoms with Crippen molar-refractivity contribution in [3.63, 3.8) is 0 Å². The van der Waals surface area contributed by atoms with E-state index in [4.69, 9.17) is 11.6 Å². The molecule has 6 heteroatoms. The molecule has 1 heterocycles. The van der Waals surface area contributed by atoms with Crippen LogP contribution in [0.4, 0.5) is 0 Å². The number of aryl methyl sites for hydroxylation is 3. The van der Waals surface area contributed by atoms with Crippen molar-refractivity contribution in [1.29, 1.82) is 0 Å². The third kappa shape index (κ3) is 4.91. The second-order valence-electron chi connectivity index (χ2n) is 6.81. The van der Waals surface area contributed by atoms with Crippen LogP contribution in [0.3, 0.4) is 0 Å². The molecule has 0 radical (unpaired) electrons. The Labute approximate surface area is 173 Å². The minimum Gasteiger partial charge on any atom is -0.355 e. The van der Waals surface area contributed by atoms with E-state index in [1.165, 1.54) is 28.0 Å². The summed E-state index contributed by atoms with van der Waals surface area (Å²) >= 11 is 7.63. The number of fused-ring (bicyclic) bond motifs is 1. The lowest BCUT2D eigenvalue weighted by atomic mass is 10.0. The van der Waals surface area contributed by atoms with Crippen molar-refractivity contribution in [1.82, 2.24) is 10.6 Å². The second kappa shape index (κ2) is 9.22. The van der Waals surface area contributed by atoms with Crippen molar-refractivity contribution >= 4 is 44.8 Å². The fraction of sp³-hybridized carbons (Fsp3) is 0.273. The first kappa shape index (κ1) is 20.4. The summed E-state index contributed by atoms with van der Waals surface area (Å²) in [4.78, 5) is 24.8. The van der Waals surface area contributed by atoms with Crippen molar-refractivity contribution in [2.45, 2.75) is 26.7 Å². The van der Waals surface area contributed by atoms with Gasteiger partial charge in [0.15, 0.2) is 0 Å². The summed E-state index contributed by atoms with van der Waals surface area (Å²) in [6.07, 6.45) is 1.77. The van der Waals surface area contributed by atoms with Gasteiger partial charge in [-0.05, 0) is 43.9 Å². The highest BCUT2D eigenvalue weighted by molar-refractivity contribution is 7.21. The van der Waals surface area contributed by atoms with Gasteiger partial charge in [-0.25, -0.2) is 0 Å². The van der Waals surface area contributed by atoms with Gasteiger partial charge < -0.3 is 10.6 Å². The quantitative estimate of drug-likeness (QED) is 0.553. The molecule has 1 aromatic heterocycles. The number of halogens is 1. The number of carbonyl (C=O) groups is 2. The molecular formula is C22H23ClN2O2S. The lowest BCUT2D eigenvalue weighted by Gasteiger charge is -2.09. The van der Waals surface area contributed by atoms with Gasteiger partial charge in [0, 0.05) is 16.6 Å². The first-order chi connectivity index (χ1) is 13.5. The maximum Gasteiger partial charge on any atom is 0.263 e. The molecule has 0 fully saturated rings. The van der Waals surface area contributed by atoms with Crippen molar-refractivity contribution < 1.29 is 9.59 Å². The lowest BCUT2D eigenvalue weighted by Crippen LogP contribution is -2.37. The number of thiophene rings is 1. The van der Waals surface area contributed by atoms with Crippen LogP contribution in [0, 0.1) is 13.8 Å². The molecule has 0 aliphatic carbocycles. The van der Waals surface area contributed by atoms with Gasteiger partial charge in [0.1, 0.15) is 4.88 Å². The van der Waals surface area contributed by atoms with Crippen molar-refractivity contribution in [2.24, 2.45) is 0 Å². The molecule has 0 atom stereocenters. The number of hydrogen-bond donors (Lipinski definition) is 2. The van der Waals surface area contributed by atoms with Crippen LogP contribution in [0.1, 0.15) is 32.8 Å². The maximum absolute atomic E-state index is 12.4. The Morgan fingerprint density at radius 2 is 1.86 bits per heavy atom. The van der Waals surface area contributed by atoms with Crippen molar-refractivity contribution in [2.75, 3.05) is 13.1 Å². The molecule has 3 aromatic rings. The monoisotopic (exact) mass is 414 g/mol. The molecule has 0 bridgehead atoms. The van der Waals surface area contributed by atoms with Crippen LogP contribution in [0.2, 0.25) is 5.02 Å². The Balaban J connectivity index is 1.43. The van der Waals surface area contributed by atoms with E-state index in [9.17, 15) is 9.59 Å².